The van der Waals surface area contributed by atoms with Crippen molar-refractivity contribution in [1.29, 1.82) is 0 Å². The van der Waals surface area contributed by atoms with Gasteiger partial charge in [-0.15, -0.1) is 0 Å². The molecule has 2 aromatic rings. The van der Waals surface area contributed by atoms with Crippen LogP contribution in [0.1, 0.15) is 22.8 Å². The van der Waals surface area contributed by atoms with E-state index in [0.29, 0.717) is 17.8 Å². The summed E-state index contributed by atoms with van der Waals surface area (Å²) in [5.74, 6) is -0.196. The topological polar surface area (TPSA) is 75.5 Å². The van der Waals surface area contributed by atoms with Gasteiger partial charge in [-0.1, -0.05) is 12.1 Å². The van der Waals surface area contributed by atoms with E-state index in [1.807, 2.05) is 43.3 Å². The number of nitrogens with zero attached hydrogens (tertiary/aromatic N) is 2. The molecule has 6 nitrogen and oxygen atoms in total. The Morgan fingerprint density at radius 2 is 1.96 bits per heavy atom. The van der Waals surface area contributed by atoms with Crippen LogP contribution < -0.4 is 10.2 Å². The van der Waals surface area contributed by atoms with Crippen molar-refractivity contribution in [3.8, 4) is 0 Å². The summed E-state index contributed by atoms with van der Waals surface area (Å²) in [7, 11) is 3.91. The molecule has 0 aromatic heterocycles. The highest BCUT2D eigenvalue weighted by molar-refractivity contribution is 5.95. The maximum atomic E-state index is 11.4. The Kier molecular flexibility index (Phi) is 4.95. The van der Waals surface area contributed by atoms with Crippen molar-refractivity contribution in [2.45, 2.75) is 13.5 Å². The van der Waals surface area contributed by atoms with E-state index in [1.54, 1.807) is 12.1 Å². The number of hydrogen-bond acceptors (Lipinski definition) is 5. The molecule has 0 aliphatic carbocycles. The quantitative estimate of drug-likeness (QED) is 0.502. The zero-order valence-corrected chi connectivity index (χ0v) is 13.4. The van der Waals surface area contributed by atoms with Gasteiger partial charge in [-0.3, -0.25) is 14.9 Å². The molecule has 0 aliphatic rings. The van der Waals surface area contributed by atoms with E-state index in [0.717, 1.165) is 11.3 Å². The first-order valence-electron chi connectivity index (χ1n) is 7.18. The van der Waals surface area contributed by atoms with Crippen LogP contribution in [-0.4, -0.2) is 24.8 Å². The van der Waals surface area contributed by atoms with Gasteiger partial charge in [-0.25, -0.2) is 0 Å². The summed E-state index contributed by atoms with van der Waals surface area (Å²) in [6.07, 6.45) is 0. The second-order valence-electron chi connectivity index (χ2n) is 5.46. The lowest BCUT2D eigenvalue weighted by atomic mass is 10.1. The fraction of sp³-hybridized carbons (Fsp3) is 0.235. The van der Waals surface area contributed by atoms with E-state index in [-0.39, 0.29) is 11.5 Å². The van der Waals surface area contributed by atoms with Crippen molar-refractivity contribution in [2.75, 3.05) is 24.3 Å². The normalized spacial score (nSPS) is 10.2. The number of anilines is 2. The molecule has 0 saturated carbocycles. The lowest BCUT2D eigenvalue weighted by Gasteiger charge is -2.14. The van der Waals surface area contributed by atoms with Gasteiger partial charge in [0.25, 0.3) is 5.69 Å². The second kappa shape index (κ2) is 6.91. The Morgan fingerprint density at radius 1 is 1.22 bits per heavy atom. The van der Waals surface area contributed by atoms with Gasteiger partial charge < -0.3 is 10.2 Å². The Hall–Kier alpha value is -2.89. The molecule has 2 rings (SSSR count). The predicted molar refractivity (Wildman–Crippen MR) is 91.2 cm³/mol. The van der Waals surface area contributed by atoms with Gasteiger partial charge in [-0.2, -0.15) is 0 Å². The third-order valence-electron chi connectivity index (χ3n) is 3.51. The summed E-state index contributed by atoms with van der Waals surface area (Å²) < 4.78 is 0. The van der Waals surface area contributed by atoms with Crippen LogP contribution in [0.3, 0.4) is 0 Å². The van der Waals surface area contributed by atoms with Crippen LogP contribution in [0, 0.1) is 10.1 Å². The van der Waals surface area contributed by atoms with Crippen LogP contribution in [0.2, 0.25) is 0 Å². The summed E-state index contributed by atoms with van der Waals surface area (Å²) >= 11 is 0. The molecule has 0 aliphatic heterocycles. The summed E-state index contributed by atoms with van der Waals surface area (Å²) in [6.45, 7) is 1.85. The monoisotopic (exact) mass is 313 g/mol. The number of nitro groups is 1. The van der Waals surface area contributed by atoms with Crippen molar-refractivity contribution >= 4 is 22.8 Å². The van der Waals surface area contributed by atoms with Crippen molar-refractivity contribution in [2.24, 2.45) is 0 Å². The van der Waals surface area contributed by atoms with Gasteiger partial charge in [-0.05, 0) is 36.8 Å². The minimum Gasteiger partial charge on any atom is -0.378 e. The number of carbonyl (C=O) groups excluding carboxylic acids is 1. The van der Waals surface area contributed by atoms with E-state index in [4.69, 9.17) is 0 Å². The van der Waals surface area contributed by atoms with Crippen LogP contribution in [0.5, 0.6) is 0 Å². The third kappa shape index (κ3) is 4.06. The first-order chi connectivity index (χ1) is 10.9. The average Bonchev–Trinajstić information content (AvgIpc) is 2.52. The molecule has 0 saturated heterocycles. The highest BCUT2D eigenvalue weighted by Crippen LogP contribution is 2.26. The standard InChI is InChI=1S/C17H19N3O3/c1-12(21)14-7-8-16(17(10-14)20(22)23)18-11-13-5-4-6-15(9-13)19(2)3/h4-10,18H,11H2,1-3H3. The third-order valence-corrected chi connectivity index (χ3v) is 3.51. The fourth-order valence-electron chi connectivity index (χ4n) is 2.19. The first kappa shape index (κ1) is 16.5. The SMILES string of the molecule is CC(=O)c1ccc(NCc2cccc(N(C)C)c2)c([N+](=O)[O-])c1. The van der Waals surface area contributed by atoms with Crippen LogP contribution in [0.15, 0.2) is 42.5 Å². The lowest BCUT2D eigenvalue weighted by molar-refractivity contribution is -0.384. The van der Waals surface area contributed by atoms with Crippen LogP contribution in [0.25, 0.3) is 0 Å². The van der Waals surface area contributed by atoms with Crippen LogP contribution in [-0.2, 0) is 6.54 Å². The van der Waals surface area contributed by atoms with Gasteiger partial charge in [0.1, 0.15) is 5.69 Å². The summed E-state index contributed by atoms with van der Waals surface area (Å²) in [4.78, 5) is 24.1. The molecule has 0 heterocycles. The molecule has 6 heteroatoms. The van der Waals surface area contributed by atoms with Crippen LogP contribution in [0.4, 0.5) is 17.1 Å². The maximum Gasteiger partial charge on any atom is 0.293 e. The molecule has 23 heavy (non-hydrogen) atoms. The Morgan fingerprint density at radius 3 is 2.57 bits per heavy atom. The molecule has 0 bridgehead atoms. The fourth-order valence-corrected chi connectivity index (χ4v) is 2.19. The Labute approximate surface area is 134 Å². The summed E-state index contributed by atoms with van der Waals surface area (Å²) in [5.41, 5.74) is 2.71. The lowest BCUT2D eigenvalue weighted by Crippen LogP contribution is -2.09. The molecule has 0 amide bonds. The average molecular weight is 313 g/mol. The zero-order chi connectivity index (χ0) is 17.0. The van der Waals surface area contributed by atoms with Gasteiger partial charge in [0.15, 0.2) is 5.78 Å². The molecule has 0 atom stereocenters. The minimum absolute atomic E-state index is 0.0959. The van der Waals surface area contributed by atoms with Crippen molar-refractivity contribution < 1.29 is 9.72 Å². The number of nitro benzene ring substituents is 1. The number of Topliss-reactive ketones (excluding diaryl/α,β-unsaturated/α-hetero) is 1. The Bertz CT molecular complexity index is 742. The molecule has 120 valence electrons. The number of benzene rings is 2. The first-order valence-corrected chi connectivity index (χ1v) is 7.18. The van der Waals surface area contributed by atoms with E-state index in [9.17, 15) is 14.9 Å². The molecule has 0 radical (unpaired) electrons. The number of nitrogens with one attached hydrogen (secondary N) is 1. The van der Waals surface area contributed by atoms with Crippen LogP contribution >= 0.6 is 0 Å². The van der Waals surface area contributed by atoms with Crippen molar-refractivity contribution in [3.05, 3.63) is 63.7 Å². The minimum atomic E-state index is -0.481. The van der Waals surface area contributed by atoms with Crippen molar-refractivity contribution in [3.63, 3.8) is 0 Å². The number of carbonyl (C=O) groups is 1. The van der Waals surface area contributed by atoms with E-state index < -0.39 is 4.92 Å². The summed E-state index contributed by atoms with van der Waals surface area (Å²) in [6, 6.07) is 12.4. The molecule has 0 spiro atoms. The molecule has 0 unspecified atom stereocenters. The van der Waals surface area contributed by atoms with Gasteiger partial charge in [0.2, 0.25) is 0 Å². The molecular weight excluding hydrogens is 294 g/mol. The highest BCUT2D eigenvalue weighted by atomic mass is 16.6. The maximum absolute atomic E-state index is 11.4. The van der Waals surface area contributed by atoms with Gasteiger partial charge in [0.05, 0.1) is 4.92 Å². The zero-order valence-electron chi connectivity index (χ0n) is 13.4. The number of ketones is 1. The molecular formula is C17H19N3O3. The molecule has 0 fully saturated rings. The highest BCUT2D eigenvalue weighted by Gasteiger charge is 2.16. The van der Waals surface area contributed by atoms with E-state index in [2.05, 4.69) is 5.32 Å². The number of hydrogen-bond donors (Lipinski definition) is 1. The van der Waals surface area contributed by atoms with Gasteiger partial charge >= 0.3 is 0 Å². The summed E-state index contributed by atoms with van der Waals surface area (Å²) in [5, 5.41) is 14.3. The second-order valence-corrected chi connectivity index (χ2v) is 5.46. The largest absolute Gasteiger partial charge is 0.378 e. The molecule has 1 N–H and O–H groups in total. The Balaban J connectivity index is 2.21. The van der Waals surface area contributed by atoms with Gasteiger partial charge in [0, 0.05) is 38.0 Å². The van der Waals surface area contributed by atoms with E-state index in [1.165, 1.54) is 13.0 Å². The number of rotatable bonds is 6. The molecule has 2 aromatic carbocycles. The smallest absolute Gasteiger partial charge is 0.293 e. The predicted octanol–water partition coefficient (Wildman–Crippen LogP) is 3.48. The van der Waals surface area contributed by atoms with E-state index >= 15 is 0 Å². The van der Waals surface area contributed by atoms with Crippen molar-refractivity contribution in [1.82, 2.24) is 0 Å².